The number of rotatable bonds is 5. The molecule has 0 aliphatic rings. The molecule has 1 aromatic heterocycles. The summed E-state index contributed by atoms with van der Waals surface area (Å²) in [5.74, 6) is -0.356. The predicted molar refractivity (Wildman–Crippen MR) is 116 cm³/mol. The Hall–Kier alpha value is -2.82. The lowest BCUT2D eigenvalue weighted by molar-refractivity contribution is 0.0697. The van der Waals surface area contributed by atoms with Crippen LogP contribution in [0.4, 0.5) is 0 Å². The summed E-state index contributed by atoms with van der Waals surface area (Å²) in [6.07, 6.45) is 0. The van der Waals surface area contributed by atoms with E-state index in [0.29, 0.717) is 28.0 Å². The lowest BCUT2D eigenvalue weighted by Crippen LogP contribution is -2.40. The molecule has 8 nitrogen and oxygen atoms in total. The highest BCUT2D eigenvalue weighted by Gasteiger charge is 2.24. The molecule has 0 fully saturated rings. The first kappa shape index (κ1) is 21.9. The summed E-state index contributed by atoms with van der Waals surface area (Å²) in [6, 6.07) is 8.88. The molecule has 3 aromatic rings. The minimum absolute atomic E-state index is 0.0515. The number of hydrogen-bond acceptors (Lipinski definition) is 6. The largest absolute Gasteiger partial charge is 0.496 e. The maximum Gasteiger partial charge on any atom is 0.335 e. The van der Waals surface area contributed by atoms with E-state index in [1.165, 1.54) is 31.4 Å². The quantitative estimate of drug-likeness (QED) is 0.509. The van der Waals surface area contributed by atoms with Gasteiger partial charge < -0.3 is 14.8 Å². The maximum atomic E-state index is 12.8. The number of nitrogens with one attached hydrogen (secondary N) is 2. The van der Waals surface area contributed by atoms with Crippen LogP contribution in [0.5, 0.6) is 5.75 Å². The normalized spacial score (nSPS) is 12.1. The van der Waals surface area contributed by atoms with Gasteiger partial charge in [0.05, 0.1) is 28.6 Å². The fraction of sp³-hybridized carbons (Fsp3) is 0.250. The molecule has 0 unspecified atom stereocenters. The third kappa shape index (κ3) is 4.50. The number of aromatic carboxylic acids is 1. The van der Waals surface area contributed by atoms with E-state index in [9.17, 15) is 18.3 Å². The van der Waals surface area contributed by atoms with Gasteiger partial charge in [0.25, 0.3) is 0 Å². The third-order valence-corrected chi connectivity index (χ3v) is 6.21. The van der Waals surface area contributed by atoms with Gasteiger partial charge in [0.1, 0.15) is 16.2 Å². The summed E-state index contributed by atoms with van der Waals surface area (Å²) >= 11 is 5.38. The molecule has 0 bridgehead atoms. The summed E-state index contributed by atoms with van der Waals surface area (Å²) in [5, 5.41) is 9.66. The van der Waals surface area contributed by atoms with Crippen molar-refractivity contribution in [3.63, 3.8) is 0 Å². The topological polar surface area (TPSA) is 121 Å². The molecule has 1 heterocycles. The smallest absolute Gasteiger partial charge is 0.335 e. The van der Waals surface area contributed by atoms with E-state index in [0.717, 1.165) is 0 Å². The van der Waals surface area contributed by atoms with Crippen LogP contribution in [0.15, 0.2) is 41.3 Å². The van der Waals surface area contributed by atoms with Gasteiger partial charge in [-0.25, -0.2) is 22.9 Å². The van der Waals surface area contributed by atoms with Crippen molar-refractivity contribution in [3.8, 4) is 17.1 Å². The number of carboxylic acid groups (broad SMARTS) is 1. The number of sulfonamides is 1. The molecule has 2 aromatic carbocycles. The van der Waals surface area contributed by atoms with Gasteiger partial charge in [-0.2, -0.15) is 0 Å². The predicted octanol–water partition coefficient (Wildman–Crippen LogP) is 3.74. The number of carbonyl (C=O) groups is 1. The van der Waals surface area contributed by atoms with Crippen LogP contribution >= 0.6 is 12.2 Å². The van der Waals surface area contributed by atoms with Crippen molar-refractivity contribution in [1.29, 1.82) is 0 Å². The SMILES string of the molecule is COc1ccc(S(=O)(=O)NC(C)(C)C)cc1-c1nc2ccc(C(=O)O)cc2c(=S)[nH]1. The summed E-state index contributed by atoms with van der Waals surface area (Å²) in [6.45, 7) is 5.26. The molecule has 0 saturated heterocycles. The Morgan fingerprint density at radius 3 is 2.50 bits per heavy atom. The molecular formula is C20H21N3O5S2. The minimum atomic E-state index is -3.78. The summed E-state index contributed by atoms with van der Waals surface area (Å²) in [5.41, 5.74) is 0.323. The molecule has 0 saturated carbocycles. The molecule has 0 spiro atoms. The van der Waals surface area contributed by atoms with E-state index >= 15 is 0 Å². The Morgan fingerprint density at radius 2 is 1.90 bits per heavy atom. The zero-order chi connectivity index (χ0) is 22.3. The van der Waals surface area contributed by atoms with E-state index in [-0.39, 0.29) is 15.1 Å². The number of fused-ring (bicyclic) bond motifs is 1. The first-order valence-corrected chi connectivity index (χ1v) is 10.8. The van der Waals surface area contributed by atoms with Crippen LogP contribution in [-0.2, 0) is 10.0 Å². The van der Waals surface area contributed by atoms with Crippen LogP contribution in [0.2, 0.25) is 0 Å². The number of ether oxygens (including phenoxy) is 1. The summed E-state index contributed by atoms with van der Waals surface area (Å²) in [4.78, 5) is 18.7. The Morgan fingerprint density at radius 1 is 1.20 bits per heavy atom. The van der Waals surface area contributed by atoms with Crippen molar-refractivity contribution in [3.05, 3.63) is 46.6 Å². The highest BCUT2D eigenvalue weighted by Crippen LogP contribution is 2.31. The van der Waals surface area contributed by atoms with Gasteiger partial charge in [-0.05, 0) is 57.2 Å². The Balaban J connectivity index is 2.19. The molecule has 3 N–H and O–H groups in total. The van der Waals surface area contributed by atoms with Crippen LogP contribution in [0, 0.1) is 4.64 Å². The molecule has 158 valence electrons. The second-order valence-corrected chi connectivity index (χ2v) is 9.76. The lowest BCUT2D eigenvalue weighted by Gasteiger charge is -2.21. The van der Waals surface area contributed by atoms with E-state index in [2.05, 4.69) is 14.7 Å². The number of aromatic amines is 1. The number of H-pyrrole nitrogens is 1. The maximum absolute atomic E-state index is 12.8. The number of methoxy groups -OCH3 is 1. The van der Waals surface area contributed by atoms with Crippen molar-refractivity contribution < 1.29 is 23.1 Å². The van der Waals surface area contributed by atoms with Crippen LogP contribution in [-0.4, -0.2) is 42.1 Å². The molecule has 10 heteroatoms. The van der Waals surface area contributed by atoms with Gasteiger partial charge in [0.2, 0.25) is 10.0 Å². The third-order valence-electron chi connectivity index (χ3n) is 4.13. The van der Waals surface area contributed by atoms with Gasteiger partial charge in [-0.15, -0.1) is 0 Å². The van der Waals surface area contributed by atoms with Crippen molar-refractivity contribution >= 4 is 39.1 Å². The molecule has 30 heavy (non-hydrogen) atoms. The molecule has 0 radical (unpaired) electrons. The number of hydrogen-bond donors (Lipinski definition) is 3. The zero-order valence-electron chi connectivity index (χ0n) is 16.8. The van der Waals surface area contributed by atoms with E-state index in [4.69, 9.17) is 17.0 Å². The average Bonchev–Trinajstić information content (AvgIpc) is 2.65. The van der Waals surface area contributed by atoms with Gasteiger partial charge in [0, 0.05) is 10.9 Å². The summed E-state index contributed by atoms with van der Waals surface area (Å²) < 4.78 is 33.8. The number of aromatic nitrogens is 2. The van der Waals surface area contributed by atoms with Crippen LogP contribution < -0.4 is 9.46 Å². The highest BCUT2D eigenvalue weighted by atomic mass is 32.2. The molecular weight excluding hydrogens is 426 g/mol. The number of nitrogens with zero attached hydrogens (tertiary/aromatic N) is 1. The average molecular weight is 448 g/mol. The second kappa shape index (κ2) is 7.78. The van der Waals surface area contributed by atoms with Gasteiger partial charge in [-0.1, -0.05) is 12.2 Å². The molecule has 0 amide bonds. The van der Waals surface area contributed by atoms with Crippen molar-refractivity contribution in [1.82, 2.24) is 14.7 Å². The molecule has 0 atom stereocenters. The second-order valence-electron chi connectivity index (χ2n) is 7.67. The van der Waals surface area contributed by atoms with Crippen LogP contribution in [0.3, 0.4) is 0 Å². The Bertz CT molecular complexity index is 1310. The van der Waals surface area contributed by atoms with E-state index < -0.39 is 21.5 Å². The Kier molecular flexibility index (Phi) is 5.68. The lowest BCUT2D eigenvalue weighted by atomic mass is 10.1. The molecule has 0 aliphatic carbocycles. The number of benzene rings is 2. The standard InChI is InChI=1S/C20H21N3O5S2/c1-20(2,3)23-30(26,27)12-6-8-16(28-4)14(10-12)17-21-15-7-5-11(19(24)25)9-13(15)18(29)22-17/h5-10,23H,1-4H3,(H,24,25)(H,21,22,29). The fourth-order valence-electron chi connectivity index (χ4n) is 2.90. The van der Waals surface area contributed by atoms with Crippen LogP contribution in [0.25, 0.3) is 22.3 Å². The van der Waals surface area contributed by atoms with Crippen molar-refractivity contribution in [2.24, 2.45) is 0 Å². The van der Waals surface area contributed by atoms with E-state index in [1.54, 1.807) is 32.9 Å². The first-order valence-electron chi connectivity index (χ1n) is 8.91. The highest BCUT2D eigenvalue weighted by molar-refractivity contribution is 7.89. The van der Waals surface area contributed by atoms with Crippen LogP contribution in [0.1, 0.15) is 31.1 Å². The Labute approximate surface area is 179 Å². The minimum Gasteiger partial charge on any atom is -0.496 e. The summed E-state index contributed by atoms with van der Waals surface area (Å²) in [7, 11) is -2.31. The van der Waals surface area contributed by atoms with Gasteiger partial charge >= 0.3 is 5.97 Å². The van der Waals surface area contributed by atoms with Gasteiger partial charge in [-0.3, -0.25) is 0 Å². The zero-order valence-corrected chi connectivity index (χ0v) is 18.4. The van der Waals surface area contributed by atoms with Crippen molar-refractivity contribution in [2.45, 2.75) is 31.2 Å². The molecule has 0 aliphatic heterocycles. The van der Waals surface area contributed by atoms with Gasteiger partial charge in [0.15, 0.2) is 0 Å². The first-order chi connectivity index (χ1) is 13.9. The van der Waals surface area contributed by atoms with Crippen molar-refractivity contribution in [2.75, 3.05) is 7.11 Å². The van der Waals surface area contributed by atoms with E-state index in [1.807, 2.05) is 0 Å². The fourth-order valence-corrected chi connectivity index (χ4v) is 4.60. The number of carboxylic acids is 1. The molecule has 3 rings (SSSR count). The monoisotopic (exact) mass is 447 g/mol.